The number of para-hydroxylation sites is 1. The Labute approximate surface area is 151 Å². The number of fused-ring (bicyclic) bond motifs is 5. The van der Waals surface area contributed by atoms with Gasteiger partial charge in [0.15, 0.2) is 0 Å². The molecule has 2 aromatic heterocycles. The summed E-state index contributed by atoms with van der Waals surface area (Å²) in [5, 5.41) is 3.86. The van der Waals surface area contributed by atoms with Gasteiger partial charge in [0.2, 0.25) is 0 Å². The molecule has 0 atom stereocenters. The second kappa shape index (κ2) is 5.40. The highest BCUT2D eigenvalue weighted by Crippen LogP contribution is 2.42. The molecule has 3 aromatic carbocycles. The zero-order valence-corrected chi connectivity index (χ0v) is 15.1. The first-order chi connectivity index (χ1) is 11.8. The molecule has 0 aliphatic carbocycles. The molecule has 0 amide bonds. The Bertz CT molecular complexity index is 1210. The minimum atomic E-state index is 1.05. The second-order valence-corrected chi connectivity index (χ2v) is 7.75. The lowest BCUT2D eigenvalue weighted by atomic mass is 10.0. The van der Waals surface area contributed by atoms with E-state index in [2.05, 4.69) is 88.7 Å². The Balaban J connectivity index is 2.00. The average Bonchev–Trinajstić information content (AvgIpc) is 3.02. The third-order valence-electron chi connectivity index (χ3n) is 4.33. The monoisotopic (exact) mass is 389 g/mol. The molecule has 0 fully saturated rings. The first kappa shape index (κ1) is 14.1. The van der Waals surface area contributed by atoms with Crippen LogP contribution in [0.2, 0.25) is 0 Å². The Hall–Kier alpha value is -2.23. The second-order valence-electron chi connectivity index (χ2n) is 5.79. The molecule has 0 bridgehead atoms. The van der Waals surface area contributed by atoms with Crippen molar-refractivity contribution in [3.05, 3.63) is 77.3 Å². The van der Waals surface area contributed by atoms with Crippen LogP contribution in [0.1, 0.15) is 0 Å². The predicted molar refractivity (Wildman–Crippen MR) is 108 cm³/mol. The Morgan fingerprint density at radius 3 is 2.29 bits per heavy atom. The maximum absolute atomic E-state index is 4.99. The third kappa shape index (κ3) is 2.09. The van der Waals surface area contributed by atoms with Crippen LogP contribution in [-0.2, 0) is 0 Å². The van der Waals surface area contributed by atoms with E-state index in [0.29, 0.717) is 0 Å². The number of halogens is 1. The van der Waals surface area contributed by atoms with Crippen molar-refractivity contribution >= 4 is 58.3 Å². The zero-order chi connectivity index (χ0) is 16.1. The summed E-state index contributed by atoms with van der Waals surface area (Å²) in [6, 6.07) is 25.5. The molecule has 0 saturated heterocycles. The summed E-state index contributed by atoms with van der Waals surface area (Å²) >= 11 is 5.35. The fraction of sp³-hybridized carbons (Fsp3) is 0. The van der Waals surface area contributed by atoms with Crippen molar-refractivity contribution in [1.29, 1.82) is 0 Å². The number of hydrogen-bond acceptors (Lipinski definition) is 2. The van der Waals surface area contributed by atoms with Crippen molar-refractivity contribution in [3.63, 3.8) is 0 Å². The van der Waals surface area contributed by atoms with E-state index >= 15 is 0 Å². The molecule has 5 rings (SSSR count). The van der Waals surface area contributed by atoms with Crippen LogP contribution in [-0.4, -0.2) is 4.98 Å². The maximum Gasteiger partial charge on any atom is 0.0888 e. The van der Waals surface area contributed by atoms with E-state index in [4.69, 9.17) is 4.98 Å². The molecule has 0 unspecified atom stereocenters. The molecule has 114 valence electrons. The molecule has 5 aromatic rings. The van der Waals surface area contributed by atoms with Crippen LogP contribution >= 0.6 is 27.3 Å². The van der Waals surface area contributed by atoms with Gasteiger partial charge in [-0.15, -0.1) is 11.3 Å². The van der Waals surface area contributed by atoms with Crippen LogP contribution in [0.25, 0.3) is 42.3 Å². The number of hydrogen-bond donors (Lipinski definition) is 0. The lowest BCUT2D eigenvalue weighted by Gasteiger charge is -2.07. The van der Waals surface area contributed by atoms with E-state index in [1.807, 2.05) is 11.3 Å². The van der Waals surface area contributed by atoms with Crippen LogP contribution in [0.5, 0.6) is 0 Å². The van der Waals surface area contributed by atoms with E-state index in [1.165, 1.54) is 25.6 Å². The lowest BCUT2D eigenvalue weighted by Crippen LogP contribution is -1.87. The van der Waals surface area contributed by atoms with Gasteiger partial charge < -0.3 is 0 Å². The molecule has 0 spiro atoms. The highest BCUT2D eigenvalue weighted by molar-refractivity contribution is 9.10. The van der Waals surface area contributed by atoms with Crippen LogP contribution in [0, 0.1) is 0 Å². The molecular weight excluding hydrogens is 378 g/mol. The third-order valence-corrected chi connectivity index (χ3v) is 6.04. The van der Waals surface area contributed by atoms with Gasteiger partial charge in [0.25, 0.3) is 0 Å². The summed E-state index contributed by atoms with van der Waals surface area (Å²) in [5.74, 6) is 0. The number of pyridine rings is 1. The molecule has 0 saturated carbocycles. The molecule has 0 N–H and O–H groups in total. The minimum absolute atomic E-state index is 1.05. The Morgan fingerprint density at radius 2 is 1.46 bits per heavy atom. The number of rotatable bonds is 1. The van der Waals surface area contributed by atoms with E-state index in [-0.39, 0.29) is 0 Å². The molecular formula is C21H12BrNS. The van der Waals surface area contributed by atoms with Gasteiger partial charge >= 0.3 is 0 Å². The zero-order valence-electron chi connectivity index (χ0n) is 12.7. The molecule has 24 heavy (non-hydrogen) atoms. The van der Waals surface area contributed by atoms with Crippen molar-refractivity contribution < 1.29 is 0 Å². The fourth-order valence-electron chi connectivity index (χ4n) is 3.24. The fourth-order valence-corrected chi connectivity index (χ4v) is 4.73. The van der Waals surface area contributed by atoms with Gasteiger partial charge in [-0.05, 0) is 24.3 Å². The minimum Gasteiger partial charge on any atom is -0.246 e. The lowest BCUT2D eigenvalue weighted by molar-refractivity contribution is 1.43. The molecule has 2 heterocycles. The first-order valence-electron chi connectivity index (χ1n) is 7.77. The molecule has 1 nitrogen and oxygen atoms in total. The van der Waals surface area contributed by atoms with Gasteiger partial charge in [0.1, 0.15) is 0 Å². The topological polar surface area (TPSA) is 12.9 Å². The van der Waals surface area contributed by atoms with Gasteiger partial charge in [-0.1, -0.05) is 64.5 Å². The number of aromatic nitrogens is 1. The largest absolute Gasteiger partial charge is 0.246 e. The summed E-state index contributed by atoms with van der Waals surface area (Å²) in [4.78, 5) is 4.99. The van der Waals surface area contributed by atoms with Crippen molar-refractivity contribution in [1.82, 2.24) is 4.98 Å². The van der Waals surface area contributed by atoms with E-state index in [9.17, 15) is 0 Å². The molecule has 0 radical (unpaired) electrons. The van der Waals surface area contributed by atoms with Crippen LogP contribution < -0.4 is 0 Å². The van der Waals surface area contributed by atoms with Crippen molar-refractivity contribution in [2.24, 2.45) is 0 Å². The Kier molecular flexibility index (Phi) is 3.18. The first-order valence-corrected chi connectivity index (χ1v) is 9.38. The van der Waals surface area contributed by atoms with Crippen molar-refractivity contribution in [2.45, 2.75) is 0 Å². The maximum atomic E-state index is 4.99. The summed E-state index contributed by atoms with van der Waals surface area (Å²) < 4.78 is 3.65. The Morgan fingerprint density at radius 1 is 0.750 bits per heavy atom. The summed E-state index contributed by atoms with van der Waals surface area (Å²) in [5.41, 5.74) is 3.27. The van der Waals surface area contributed by atoms with Gasteiger partial charge in [0, 0.05) is 30.9 Å². The van der Waals surface area contributed by atoms with Crippen molar-refractivity contribution in [2.75, 3.05) is 0 Å². The highest BCUT2D eigenvalue weighted by atomic mass is 79.9. The van der Waals surface area contributed by atoms with Gasteiger partial charge in [-0.3, -0.25) is 0 Å². The quantitative estimate of drug-likeness (QED) is 0.299. The number of benzene rings is 3. The normalized spacial score (nSPS) is 11.5. The smallest absolute Gasteiger partial charge is 0.0888 e. The van der Waals surface area contributed by atoms with Gasteiger partial charge in [-0.2, -0.15) is 0 Å². The standard InChI is InChI=1S/C21H12BrNS/c22-14-11-9-13(10-12-14)20-21-19(15-5-1-3-7-17(15)23-20)16-6-2-4-8-18(16)24-21/h1-12H. The van der Waals surface area contributed by atoms with E-state index < -0.39 is 0 Å². The van der Waals surface area contributed by atoms with Gasteiger partial charge in [-0.25, -0.2) is 4.98 Å². The molecule has 0 aliphatic rings. The van der Waals surface area contributed by atoms with Gasteiger partial charge in [0.05, 0.1) is 15.9 Å². The summed E-state index contributed by atoms with van der Waals surface area (Å²) in [6.45, 7) is 0. The summed E-state index contributed by atoms with van der Waals surface area (Å²) in [7, 11) is 0. The number of nitrogens with zero attached hydrogens (tertiary/aromatic N) is 1. The van der Waals surface area contributed by atoms with E-state index in [0.717, 1.165) is 21.2 Å². The molecule has 3 heteroatoms. The predicted octanol–water partition coefficient (Wildman–Crippen LogP) is 7.03. The summed E-state index contributed by atoms with van der Waals surface area (Å²) in [6.07, 6.45) is 0. The highest BCUT2D eigenvalue weighted by Gasteiger charge is 2.15. The van der Waals surface area contributed by atoms with Crippen molar-refractivity contribution in [3.8, 4) is 11.3 Å². The van der Waals surface area contributed by atoms with Crippen LogP contribution in [0.4, 0.5) is 0 Å². The molecule has 0 aliphatic heterocycles. The van der Waals surface area contributed by atoms with E-state index in [1.54, 1.807) is 0 Å². The average molecular weight is 390 g/mol. The SMILES string of the molecule is Brc1ccc(-c2nc3ccccc3c3c2sc2ccccc23)cc1. The van der Waals surface area contributed by atoms with Crippen LogP contribution in [0.15, 0.2) is 77.3 Å². The van der Waals surface area contributed by atoms with Crippen LogP contribution in [0.3, 0.4) is 0 Å². The number of thiophene rings is 1.